The van der Waals surface area contributed by atoms with E-state index < -0.39 is 9.85 Å². The SMILES string of the molecule is Cn1cnc([N+](=O)[O-])c1Sc1nc(N)nc2nc[nH]c12.Cn1cnc([N+](=O)[O-])c1Sc1nc(N)nc2nc[nH]c12. The van der Waals surface area contributed by atoms with E-state index >= 15 is 0 Å². The maximum Gasteiger partial charge on any atom is 0.396 e. The van der Waals surface area contributed by atoms with Crippen molar-refractivity contribution in [1.82, 2.24) is 59.0 Å². The molecule has 0 aliphatic rings. The molecule has 0 aliphatic heterocycles. The molecule has 6 rings (SSSR count). The quantitative estimate of drug-likeness (QED) is 0.122. The number of hydrogen-bond acceptors (Lipinski definition) is 16. The summed E-state index contributed by atoms with van der Waals surface area (Å²) in [5, 5.41) is 23.5. The van der Waals surface area contributed by atoms with Crippen molar-refractivity contribution in [3.8, 4) is 0 Å². The number of nitro groups is 2. The van der Waals surface area contributed by atoms with Gasteiger partial charge in [-0.2, -0.15) is 9.97 Å². The largest absolute Gasteiger partial charge is 0.396 e. The minimum absolute atomic E-state index is 0.0527. The summed E-state index contributed by atoms with van der Waals surface area (Å²) in [4.78, 5) is 58.1. The molecule has 204 valence electrons. The first kappa shape index (κ1) is 26.2. The second kappa shape index (κ2) is 10.4. The Balaban J connectivity index is 0.000000161. The zero-order chi connectivity index (χ0) is 28.6. The van der Waals surface area contributed by atoms with E-state index in [1.165, 1.54) is 25.3 Å². The van der Waals surface area contributed by atoms with E-state index in [4.69, 9.17) is 11.5 Å². The molecule has 0 aliphatic carbocycles. The molecule has 0 unspecified atom stereocenters. The van der Waals surface area contributed by atoms with Crippen LogP contribution in [0, 0.1) is 20.2 Å². The van der Waals surface area contributed by atoms with E-state index in [-0.39, 0.29) is 23.5 Å². The molecule has 6 aromatic rings. The number of nitrogens with zero attached hydrogens (tertiary/aromatic N) is 12. The van der Waals surface area contributed by atoms with Crippen LogP contribution in [0.2, 0.25) is 0 Å². The summed E-state index contributed by atoms with van der Waals surface area (Å²) in [6.07, 6.45) is 5.66. The van der Waals surface area contributed by atoms with E-state index in [0.717, 1.165) is 23.5 Å². The Morgan fingerprint density at radius 3 is 1.50 bits per heavy atom. The van der Waals surface area contributed by atoms with Crippen molar-refractivity contribution >= 4 is 69.4 Å². The summed E-state index contributed by atoms with van der Waals surface area (Å²) in [6, 6.07) is 0. The van der Waals surface area contributed by atoms with Crippen LogP contribution in [-0.2, 0) is 14.1 Å². The lowest BCUT2D eigenvalue weighted by Gasteiger charge is -2.03. The van der Waals surface area contributed by atoms with Crippen molar-refractivity contribution < 1.29 is 9.85 Å². The average molecular weight is 585 g/mol. The molecule has 0 radical (unpaired) electrons. The van der Waals surface area contributed by atoms with Gasteiger partial charge in [0.2, 0.25) is 24.6 Å². The molecule has 20 nitrogen and oxygen atoms in total. The summed E-state index contributed by atoms with van der Waals surface area (Å²) in [6.45, 7) is 0. The topological polar surface area (TPSA) is 283 Å². The van der Waals surface area contributed by atoms with Gasteiger partial charge in [-0.3, -0.25) is 0 Å². The number of aryl methyl sites for hydroxylation is 2. The molecule has 6 aromatic heterocycles. The summed E-state index contributed by atoms with van der Waals surface area (Å²) < 4.78 is 3.09. The summed E-state index contributed by atoms with van der Waals surface area (Å²) in [5.41, 5.74) is 13.2. The molecule has 0 spiro atoms. The van der Waals surface area contributed by atoms with Gasteiger partial charge < -0.3 is 50.8 Å². The second-order valence-electron chi connectivity index (χ2n) is 7.66. The molecule has 0 aromatic carbocycles. The molecule has 0 amide bonds. The van der Waals surface area contributed by atoms with Gasteiger partial charge in [0.15, 0.2) is 21.3 Å². The lowest BCUT2D eigenvalue weighted by molar-refractivity contribution is -0.392. The molecule has 0 atom stereocenters. The number of nitrogens with two attached hydrogens (primary N) is 2. The standard InChI is InChI=1S/2C9H8N8O2S/c2*1-16-3-13-6(17(18)19)8(16)20-7-4-5(12-2-11-4)14-9(10)15-7/h2*2-3H,1H3,(H3,10,11,12,14,15). The minimum Gasteiger partial charge on any atom is -0.368 e. The third-order valence-electron chi connectivity index (χ3n) is 5.00. The number of nitrogen functional groups attached to an aromatic ring is 2. The number of aromatic amines is 2. The third-order valence-corrected chi connectivity index (χ3v) is 7.31. The first-order valence-electron chi connectivity index (χ1n) is 10.7. The van der Waals surface area contributed by atoms with Crippen LogP contribution in [-0.4, -0.2) is 68.8 Å². The highest BCUT2D eigenvalue weighted by molar-refractivity contribution is 7.99. The Morgan fingerprint density at radius 2 is 1.12 bits per heavy atom. The molecule has 0 saturated heterocycles. The lowest BCUT2D eigenvalue weighted by atomic mass is 10.5. The second-order valence-corrected chi connectivity index (χ2v) is 9.62. The van der Waals surface area contributed by atoms with Crippen molar-refractivity contribution in [2.24, 2.45) is 14.1 Å². The van der Waals surface area contributed by atoms with E-state index in [0.29, 0.717) is 42.4 Å². The summed E-state index contributed by atoms with van der Waals surface area (Å²) in [7, 11) is 3.33. The fourth-order valence-corrected chi connectivity index (χ4v) is 5.24. The van der Waals surface area contributed by atoms with E-state index in [1.54, 1.807) is 23.2 Å². The molecular weight excluding hydrogens is 568 g/mol. The van der Waals surface area contributed by atoms with Crippen LogP contribution in [0.25, 0.3) is 22.3 Å². The Morgan fingerprint density at radius 1 is 0.725 bits per heavy atom. The predicted molar refractivity (Wildman–Crippen MR) is 140 cm³/mol. The van der Waals surface area contributed by atoms with Crippen LogP contribution in [0.5, 0.6) is 0 Å². The third kappa shape index (κ3) is 5.02. The normalized spacial score (nSPS) is 11.1. The highest BCUT2D eigenvalue weighted by Gasteiger charge is 2.24. The van der Waals surface area contributed by atoms with Crippen molar-refractivity contribution in [2.45, 2.75) is 20.1 Å². The molecule has 0 fully saturated rings. The summed E-state index contributed by atoms with van der Waals surface area (Å²) >= 11 is 2.16. The summed E-state index contributed by atoms with van der Waals surface area (Å²) in [5.74, 6) is -0.362. The number of imidazole rings is 4. The van der Waals surface area contributed by atoms with Crippen LogP contribution in [0.3, 0.4) is 0 Å². The number of fused-ring (bicyclic) bond motifs is 2. The Bertz CT molecular complexity index is 1760. The molecule has 6 N–H and O–H groups in total. The molecule has 0 saturated carbocycles. The number of rotatable bonds is 6. The number of aromatic nitrogens is 12. The van der Waals surface area contributed by atoms with Crippen LogP contribution in [0.1, 0.15) is 0 Å². The smallest absolute Gasteiger partial charge is 0.368 e. The van der Waals surface area contributed by atoms with E-state index in [1.807, 2.05) is 0 Å². The maximum absolute atomic E-state index is 10.9. The van der Waals surface area contributed by atoms with Crippen molar-refractivity contribution in [1.29, 1.82) is 0 Å². The molecule has 40 heavy (non-hydrogen) atoms. The maximum atomic E-state index is 10.9. The Labute approximate surface area is 229 Å². The fourth-order valence-electron chi connectivity index (χ4n) is 3.28. The van der Waals surface area contributed by atoms with Crippen LogP contribution < -0.4 is 11.5 Å². The predicted octanol–water partition coefficient (Wildman–Crippen LogP) is 1.46. The van der Waals surface area contributed by atoms with Gasteiger partial charge in [-0.15, -0.1) is 0 Å². The van der Waals surface area contributed by atoms with Gasteiger partial charge in [-0.25, -0.2) is 19.9 Å². The van der Waals surface area contributed by atoms with Crippen molar-refractivity contribution in [3.05, 3.63) is 45.5 Å². The molecular formula is C18H16N16O4S2. The van der Waals surface area contributed by atoms with Crippen LogP contribution in [0.4, 0.5) is 23.5 Å². The number of nitrogens with one attached hydrogen (secondary N) is 2. The first-order valence-corrected chi connectivity index (χ1v) is 12.4. The van der Waals surface area contributed by atoms with Crippen molar-refractivity contribution in [3.63, 3.8) is 0 Å². The Kier molecular flexibility index (Phi) is 6.83. The minimum atomic E-state index is -0.545. The van der Waals surface area contributed by atoms with Crippen LogP contribution in [0.15, 0.2) is 45.4 Å². The van der Waals surface area contributed by atoms with Crippen molar-refractivity contribution in [2.75, 3.05) is 11.5 Å². The van der Waals surface area contributed by atoms with Gasteiger partial charge in [-0.1, -0.05) is 0 Å². The lowest BCUT2D eigenvalue weighted by Crippen LogP contribution is -1.99. The zero-order valence-electron chi connectivity index (χ0n) is 20.3. The van der Waals surface area contributed by atoms with Gasteiger partial charge >= 0.3 is 11.6 Å². The van der Waals surface area contributed by atoms with Gasteiger partial charge in [0.25, 0.3) is 0 Å². The Hall–Kier alpha value is -5.38. The molecule has 22 heteroatoms. The van der Waals surface area contributed by atoms with Crippen LogP contribution >= 0.6 is 23.5 Å². The monoisotopic (exact) mass is 584 g/mol. The van der Waals surface area contributed by atoms with Gasteiger partial charge in [-0.05, 0) is 43.3 Å². The zero-order valence-corrected chi connectivity index (χ0v) is 21.9. The van der Waals surface area contributed by atoms with E-state index in [2.05, 4.69) is 49.8 Å². The van der Waals surface area contributed by atoms with Gasteiger partial charge in [0.05, 0.1) is 12.7 Å². The van der Waals surface area contributed by atoms with E-state index in [9.17, 15) is 20.2 Å². The number of hydrogen-bond donors (Lipinski definition) is 4. The average Bonchev–Trinajstić information content (AvgIpc) is 3.68. The molecule has 6 heterocycles. The van der Waals surface area contributed by atoms with Gasteiger partial charge in [0, 0.05) is 14.1 Å². The fraction of sp³-hybridized carbons (Fsp3) is 0.111. The molecule has 0 bridgehead atoms. The highest BCUT2D eigenvalue weighted by atomic mass is 32.2. The first-order chi connectivity index (χ1) is 19.1. The number of anilines is 2. The van der Waals surface area contributed by atoms with Gasteiger partial charge in [0.1, 0.15) is 21.1 Å². The number of H-pyrrole nitrogens is 2. The highest BCUT2D eigenvalue weighted by Crippen LogP contribution is 2.36.